The molecule has 0 unspecified atom stereocenters. The largest absolute Gasteiger partial charge is 0.478 e. The van der Waals surface area contributed by atoms with Crippen molar-refractivity contribution in [3.05, 3.63) is 23.9 Å². The van der Waals surface area contributed by atoms with E-state index in [1.165, 1.54) is 19.3 Å². The second kappa shape index (κ2) is 8.01. The first-order valence-corrected chi connectivity index (χ1v) is 10.6. The smallest absolute Gasteiger partial charge is 0.213 e. The van der Waals surface area contributed by atoms with Crippen LogP contribution in [0, 0.1) is 11.5 Å². The Kier molecular flexibility index (Phi) is 6.65. The fourth-order valence-corrected chi connectivity index (χ4v) is 2.02. The fraction of sp³-hybridized carbons (Fsp3) is 0.562. The Hall–Kier alpha value is -1.27. The van der Waals surface area contributed by atoms with Crippen molar-refractivity contribution in [3.63, 3.8) is 0 Å². The molecule has 0 aliphatic carbocycles. The van der Waals surface area contributed by atoms with Crippen LogP contribution in [0.3, 0.4) is 0 Å². The molecular formula is C16H25NOSi. The third-order valence-electron chi connectivity index (χ3n) is 2.57. The van der Waals surface area contributed by atoms with Crippen molar-refractivity contribution in [1.82, 2.24) is 4.98 Å². The lowest BCUT2D eigenvalue weighted by Crippen LogP contribution is -2.16. The molecule has 0 amide bonds. The van der Waals surface area contributed by atoms with Gasteiger partial charge in [-0.25, -0.2) is 4.98 Å². The van der Waals surface area contributed by atoms with Gasteiger partial charge in [0.2, 0.25) is 5.88 Å². The third-order valence-corrected chi connectivity index (χ3v) is 3.44. The molecule has 19 heavy (non-hydrogen) atoms. The Bertz CT molecular complexity index is 423. The predicted molar refractivity (Wildman–Crippen MR) is 84.1 cm³/mol. The molecule has 0 N–H and O–H groups in total. The second-order valence-corrected chi connectivity index (χ2v) is 10.5. The summed E-state index contributed by atoms with van der Waals surface area (Å²) in [4.78, 5) is 4.29. The average molecular weight is 275 g/mol. The maximum absolute atomic E-state index is 5.60. The van der Waals surface area contributed by atoms with Gasteiger partial charge >= 0.3 is 0 Å². The first-order valence-electron chi connectivity index (χ1n) is 7.13. The summed E-state index contributed by atoms with van der Waals surface area (Å²) < 4.78 is 5.60. The molecule has 1 aromatic heterocycles. The van der Waals surface area contributed by atoms with Crippen molar-refractivity contribution in [2.75, 3.05) is 6.61 Å². The summed E-state index contributed by atoms with van der Waals surface area (Å²) in [5, 5.41) is 0. The van der Waals surface area contributed by atoms with Gasteiger partial charge in [0.15, 0.2) is 0 Å². The average Bonchev–Trinajstić information content (AvgIpc) is 2.37. The number of unbranched alkanes of at least 4 members (excludes halogenated alkanes) is 3. The highest BCUT2D eigenvalue weighted by atomic mass is 28.3. The number of aromatic nitrogens is 1. The molecule has 0 fully saturated rings. The zero-order chi connectivity index (χ0) is 14.1. The molecule has 0 spiro atoms. The number of pyridine rings is 1. The van der Waals surface area contributed by atoms with Gasteiger partial charge in [-0.05, 0) is 12.5 Å². The first kappa shape index (κ1) is 15.8. The van der Waals surface area contributed by atoms with Crippen molar-refractivity contribution in [2.24, 2.45) is 0 Å². The summed E-state index contributed by atoms with van der Waals surface area (Å²) in [6.07, 6.45) is 6.67. The highest BCUT2D eigenvalue weighted by Crippen LogP contribution is 2.09. The Morgan fingerprint density at radius 1 is 1.16 bits per heavy atom. The number of hydrogen-bond acceptors (Lipinski definition) is 2. The minimum atomic E-state index is -1.31. The van der Waals surface area contributed by atoms with E-state index >= 15 is 0 Å². The molecule has 3 heteroatoms. The van der Waals surface area contributed by atoms with Gasteiger partial charge in [0.25, 0.3) is 0 Å². The zero-order valence-corrected chi connectivity index (χ0v) is 13.6. The highest BCUT2D eigenvalue weighted by Gasteiger charge is 2.07. The van der Waals surface area contributed by atoms with E-state index in [0.717, 1.165) is 18.6 Å². The molecule has 1 aromatic rings. The van der Waals surface area contributed by atoms with Crippen LogP contribution in [0.4, 0.5) is 0 Å². The van der Waals surface area contributed by atoms with Crippen LogP contribution < -0.4 is 4.74 Å². The number of hydrogen-bond donors (Lipinski definition) is 0. The van der Waals surface area contributed by atoms with Crippen molar-refractivity contribution in [2.45, 2.75) is 52.2 Å². The summed E-state index contributed by atoms with van der Waals surface area (Å²) >= 11 is 0. The minimum absolute atomic E-state index is 0.704. The van der Waals surface area contributed by atoms with E-state index in [0.29, 0.717) is 5.88 Å². The Labute approximate surface area is 118 Å². The SMILES string of the molecule is CCCCCCOc1ccc(C#C[Si](C)(C)C)cn1. The van der Waals surface area contributed by atoms with Crippen LogP contribution in [0.15, 0.2) is 18.3 Å². The van der Waals surface area contributed by atoms with E-state index in [1.807, 2.05) is 12.1 Å². The number of ether oxygens (including phenoxy) is 1. The van der Waals surface area contributed by atoms with E-state index in [2.05, 4.69) is 43.0 Å². The lowest BCUT2D eigenvalue weighted by Gasteiger charge is -2.05. The molecule has 0 bridgehead atoms. The van der Waals surface area contributed by atoms with Crippen LogP contribution in [0.2, 0.25) is 19.6 Å². The lowest BCUT2D eigenvalue weighted by atomic mass is 10.2. The van der Waals surface area contributed by atoms with Gasteiger partial charge in [0.1, 0.15) is 8.07 Å². The van der Waals surface area contributed by atoms with Crippen molar-refractivity contribution >= 4 is 8.07 Å². The Morgan fingerprint density at radius 2 is 1.95 bits per heavy atom. The molecule has 104 valence electrons. The highest BCUT2D eigenvalue weighted by molar-refractivity contribution is 6.83. The standard InChI is InChI=1S/C16H25NOSi/c1-5-6-7-8-12-18-16-10-9-15(14-17-16)11-13-19(2,3)4/h9-10,14H,5-8,12H2,1-4H3. The lowest BCUT2D eigenvalue weighted by molar-refractivity contribution is 0.294. The summed E-state index contributed by atoms with van der Waals surface area (Å²) in [7, 11) is -1.31. The molecule has 0 atom stereocenters. The first-order chi connectivity index (χ1) is 9.01. The number of rotatable bonds is 6. The molecule has 0 radical (unpaired) electrons. The van der Waals surface area contributed by atoms with Gasteiger partial charge in [0.05, 0.1) is 6.61 Å². The zero-order valence-electron chi connectivity index (χ0n) is 12.6. The molecule has 0 saturated carbocycles. The second-order valence-electron chi connectivity index (χ2n) is 5.79. The summed E-state index contributed by atoms with van der Waals surface area (Å²) in [6.45, 7) is 9.68. The molecule has 0 aliphatic rings. The van der Waals surface area contributed by atoms with Gasteiger partial charge in [-0.2, -0.15) is 0 Å². The molecule has 2 nitrogen and oxygen atoms in total. The van der Waals surface area contributed by atoms with Crippen molar-refractivity contribution in [3.8, 4) is 17.3 Å². The predicted octanol–water partition coefficient (Wildman–Crippen LogP) is 4.27. The Balaban J connectivity index is 2.41. The quantitative estimate of drug-likeness (QED) is 0.439. The molecule has 0 aromatic carbocycles. The fourth-order valence-electron chi connectivity index (χ4n) is 1.50. The molecule has 0 saturated heterocycles. The van der Waals surface area contributed by atoms with Gasteiger partial charge in [-0.15, -0.1) is 5.54 Å². The molecule has 1 heterocycles. The van der Waals surface area contributed by atoms with E-state index in [-0.39, 0.29) is 0 Å². The molecule has 1 rings (SSSR count). The summed E-state index contributed by atoms with van der Waals surface area (Å²) in [5.41, 5.74) is 4.30. The third kappa shape index (κ3) is 7.68. The topological polar surface area (TPSA) is 22.1 Å². The van der Waals surface area contributed by atoms with Crippen LogP contribution in [0.25, 0.3) is 0 Å². The van der Waals surface area contributed by atoms with Gasteiger partial charge in [0, 0.05) is 17.8 Å². The Morgan fingerprint density at radius 3 is 2.53 bits per heavy atom. The van der Waals surface area contributed by atoms with Crippen LogP contribution in [-0.2, 0) is 0 Å². The summed E-state index contributed by atoms with van der Waals surface area (Å²) in [6, 6.07) is 3.90. The van der Waals surface area contributed by atoms with Crippen LogP contribution >= 0.6 is 0 Å². The maximum Gasteiger partial charge on any atom is 0.213 e. The van der Waals surface area contributed by atoms with Crippen LogP contribution in [-0.4, -0.2) is 19.7 Å². The van der Waals surface area contributed by atoms with E-state index in [1.54, 1.807) is 6.20 Å². The van der Waals surface area contributed by atoms with Crippen LogP contribution in [0.5, 0.6) is 5.88 Å². The van der Waals surface area contributed by atoms with E-state index < -0.39 is 8.07 Å². The van der Waals surface area contributed by atoms with Crippen molar-refractivity contribution in [1.29, 1.82) is 0 Å². The van der Waals surface area contributed by atoms with E-state index in [9.17, 15) is 0 Å². The minimum Gasteiger partial charge on any atom is -0.478 e. The monoisotopic (exact) mass is 275 g/mol. The van der Waals surface area contributed by atoms with E-state index in [4.69, 9.17) is 4.74 Å². The van der Waals surface area contributed by atoms with Gasteiger partial charge < -0.3 is 4.74 Å². The van der Waals surface area contributed by atoms with Gasteiger partial charge in [-0.1, -0.05) is 51.7 Å². The molecular weight excluding hydrogens is 250 g/mol. The van der Waals surface area contributed by atoms with Gasteiger partial charge in [-0.3, -0.25) is 0 Å². The molecule has 0 aliphatic heterocycles. The summed E-state index contributed by atoms with van der Waals surface area (Å²) in [5.74, 6) is 3.89. The van der Waals surface area contributed by atoms with Crippen molar-refractivity contribution < 1.29 is 4.74 Å². The number of nitrogens with zero attached hydrogens (tertiary/aromatic N) is 1. The normalized spacial score (nSPS) is 10.7. The van der Waals surface area contributed by atoms with Crippen LogP contribution in [0.1, 0.15) is 38.2 Å². The maximum atomic E-state index is 5.60.